The number of hydrogen-bond donors (Lipinski definition) is 1. The number of hydrogen-bond acceptors (Lipinski definition) is 6. The van der Waals surface area contributed by atoms with E-state index in [4.69, 9.17) is 10.3 Å². The van der Waals surface area contributed by atoms with Crippen molar-refractivity contribution < 1.29 is 8.91 Å². The number of nitrogens with two attached hydrogens (primary N) is 1. The molecular weight excluding hydrogens is 291 g/mol. The van der Waals surface area contributed by atoms with Crippen LogP contribution < -0.4 is 5.73 Å². The molecule has 3 rings (SSSR count). The van der Waals surface area contributed by atoms with Crippen LogP contribution in [0.2, 0.25) is 0 Å². The van der Waals surface area contributed by atoms with E-state index in [1.165, 1.54) is 23.9 Å². The SMILES string of the molecule is Nc1ccc(-c2nc(CSc3cccc(F)c3)no2)cn1. The molecule has 0 aliphatic carbocycles. The predicted octanol–water partition coefficient (Wildman–Crippen LogP) is 3.15. The Hall–Kier alpha value is -2.41. The van der Waals surface area contributed by atoms with Gasteiger partial charge in [-0.1, -0.05) is 11.2 Å². The molecule has 0 bridgehead atoms. The van der Waals surface area contributed by atoms with Gasteiger partial charge in [-0.15, -0.1) is 11.8 Å². The van der Waals surface area contributed by atoms with E-state index in [9.17, 15) is 4.39 Å². The first-order valence-electron chi connectivity index (χ1n) is 6.13. The van der Waals surface area contributed by atoms with Gasteiger partial charge in [-0.25, -0.2) is 9.37 Å². The Labute approximate surface area is 124 Å². The maximum absolute atomic E-state index is 13.1. The second-order valence-electron chi connectivity index (χ2n) is 4.23. The highest BCUT2D eigenvalue weighted by Gasteiger charge is 2.09. The van der Waals surface area contributed by atoms with Crippen molar-refractivity contribution >= 4 is 17.6 Å². The normalized spacial score (nSPS) is 10.7. The predicted molar refractivity (Wildman–Crippen MR) is 77.9 cm³/mol. The Bertz CT molecular complexity index is 745. The summed E-state index contributed by atoms with van der Waals surface area (Å²) in [6.45, 7) is 0. The zero-order valence-electron chi connectivity index (χ0n) is 10.9. The fourth-order valence-electron chi connectivity index (χ4n) is 1.67. The van der Waals surface area contributed by atoms with Crippen molar-refractivity contribution in [3.8, 4) is 11.5 Å². The van der Waals surface area contributed by atoms with Crippen molar-refractivity contribution in [2.45, 2.75) is 10.6 Å². The van der Waals surface area contributed by atoms with Gasteiger partial charge in [0.2, 0.25) is 0 Å². The molecule has 3 aromatic rings. The Morgan fingerprint density at radius 2 is 2.14 bits per heavy atom. The maximum atomic E-state index is 13.1. The smallest absolute Gasteiger partial charge is 0.259 e. The van der Waals surface area contributed by atoms with E-state index in [2.05, 4.69) is 15.1 Å². The Kier molecular flexibility index (Phi) is 3.83. The van der Waals surface area contributed by atoms with Crippen LogP contribution in [0.25, 0.3) is 11.5 Å². The first kappa shape index (κ1) is 13.6. The van der Waals surface area contributed by atoms with Gasteiger partial charge < -0.3 is 10.3 Å². The van der Waals surface area contributed by atoms with Crippen LogP contribution in [-0.2, 0) is 5.75 Å². The molecule has 0 aliphatic rings. The van der Waals surface area contributed by atoms with E-state index >= 15 is 0 Å². The molecule has 5 nitrogen and oxygen atoms in total. The summed E-state index contributed by atoms with van der Waals surface area (Å²) in [6, 6.07) is 9.80. The second kappa shape index (κ2) is 5.92. The largest absolute Gasteiger partial charge is 0.384 e. The number of rotatable bonds is 4. The lowest BCUT2D eigenvalue weighted by atomic mass is 10.3. The van der Waals surface area contributed by atoms with Gasteiger partial charge in [0.25, 0.3) is 5.89 Å². The van der Waals surface area contributed by atoms with Crippen LogP contribution in [0.1, 0.15) is 5.82 Å². The number of aromatic nitrogens is 3. The number of thioether (sulfide) groups is 1. The van der Waals surface area contributed by atoms with Crippen LogP contribution in [0.3, 0.4) is 0 Å². The van der Waals surface area contributed by atoms with Gasteiger partial charge in [0.05, 0.1) is 11.3 Å². The van der Waals surface area contributed by atoms with Crippen LogP contribution >= 0.6 is 11.8 Å². The first-order chi connectivity index (χ1) is 10.2. The number of pyridine rings is 1. The highest BCUT2D eigenvalue weighted by Crippen LogP contribution is 2.23. The third-order valence-electron chi connectivity index (χ3n) is 2.67. The minimum absolute atomic E-state index is 0.262. The van der Waals surface area contributed by atoms with Gasteiger partial charge in [0.1, 0.15) is 11.6 Å². The molecule has 0 saturated carbocycles. The second-order valence-corrected chi connectivity index (χ2v) is 5.28. The monoisotopic (exact) mass is 302 g/mol. The highest BCUT2D eigenvalue weighted by atomic mass is 32.2. The molecule has 0 fully saturated rings. The molecule has 0 saturated heterocycles. The summed E-state index contributed by atoms with van der Waals surface area (Å²) in [5.41, 5.74) is 6.23. The van der Waals surface area contributed by atoms with Gasteiger partial charge in [-0.3, -0.25) is 0 Å². The molecule has 0 radical (unpaired) electrons. The minimum atomic E-state index is -0.262. The van der Waals surface area contributed by atoms with Gasteiger partial charge in [0.15, 0.2) is 5.82 Å². The van der Waals surface area contributed by atoms with Crippen molar-refractivity contribution in [1.29, 1.82) is 0 Å². The van der Waals surface area contributed by atoms with E-state index < -0.39 is 0 Å². The van der Waals surface area contributed by atoms with Crippen molar-refractivity contribution in [3.05, 3.63) is 54.2 Å². The molecular formula is C14H11FN4OS. The quantitative estimate of drug-likeness (QED) is 0.746. The van der Waals surface area contributed by atoms with E-state index in [0.717, 1.165) is 4.90 Å². The fourth-order valence-corrected chi connectivity index (χ4v) is 2.45. The van der Waals surface area contributed by atoms with Gasteiger partial charge in [-0.05, 0) is 30.3 Å². The standard InChI is InChI=1S/C14H11FN4OS/c15-10-2-1-3-11(6-10)21-8-13-18-14(20-19-13)9-4-5-12(16)17-7-9/h1-7H,8H2,(H2,16,17). The van der Waals surface area contributed by atoms with Gasteiger partial charge in [0, 0.05) is 11.1 Å². The van der Waals surface area contributed by atoms with E-state index in [1.807, 2.05) is 6.07 Å². The Balaban J connectivity index is 1.69. The lowest BCUT2D eigenvalue weighted by Crippen LogP contribution is -1.89. The van der Waals surface area contributed by atoms with E-state index in [-0.39, 0.29) is 5.82 Å². The van der Waals surface area contributed by atoms with Crippen molar-refractivity contribution in [2.75, 3.05) is 5.73 Å². The molecule has 2 N–H and O–H groups in total. The zero-order valence-corrected chi connectivity index (χ0v) is 11.7. The molecule has 0 amide bonds. The molecule has 1 aromatic carbocycles. The molecule has 2 aromatic heterocycles. The third-order valence-corrected chi connectivity index (χ3v) is 3.66. The average Bonchev–Trinajstić information content (AvgIpc) is 2.95. The summed E-state index contributed by atoms with van der Waals surface area (Å²) < 4.78 is 18.2. The molecule has 2 heterocycles. The third kappa shape index (κ3) is 3.38. The minimum Gasteiger partial charge on any atom is -0.384 e. The fraction of sp³-hybridized carbons (Fsp3) is 0.0714. The zero-order chi connectivity index (χ0) is 14.7. The van der Waals surface area contributed by atoms with E-state index in [1.54, 1.807) is 24.4 Å². The van der Waals surface area contributed by atoms with Gasteiger partial charge >= 0.3 is 0 Å². The van der Waals surface area contributed by atoms with Crippen molar-refractivity contribution in [3.63, 3.8) is 0 Å². The molecule has 0 spiro atoms. The summed E-state index contributed by atoms with van der Waals surface area (Å²) >= 11 is 1.44. The van der Waals surface area contributed by atoms with Crippen LogP contribution in [0.15, 0.2) is 52.0 Å². The van der Waals surface area contributed by atoms with Crippen molar-refractivity contribution in [2.24, 2.45) is 0 Å². The maximum Gasteiger partial charge on any atom is 0.259 e. The van der Waals surface area contributed by atoms with Crippen LogP contribution in [0.4, 0.5) is 10.2 Å². The van der Waals surface area contributed by atoms with E-state index in [0.29, 0.717) is 28.8 Å². The van der Waals surface area contributed by atoms with Crippen LogP contribution in [-0.4, -0.2) is 15.1 Å². The van der Waals surface area contributed by atoms with Gasteiger partial charge in [-0.2, -0.15) is 4.98 Å². The Morgan fingerprint density at radius 1 is 1.24 bits per heavy atom. The molecule has 7 heteroatoms. The summed E-state index contributed by atoms with van der Waals surface area (Å²) in [4.78, 5) is 9.06. The number of anilines is 1. The lowest BCUT2D eigenvalue weighted by molar-refractivity contribution is 0.425. The van der Waals surface area contributed by atoms with Crippen LogP contribution in [0, 0.1) is 5.82 Å². The molecule has 0 unspecified atom stereocenters. The topological polar surface area (TPSA) is 77.8 Å². The average molecular weight is 302 g/mol. The molecule has 0 atom stereocenters. The summed E-state index contributed by atoms with van der Waals surface area (Å²) in [5.74, 6) is 1.59. The number of halogens is 1. The molecule has 21 heavy (non-hydrogen) atoms. The Morgan fingerprint density at radius 3 is 2.90 bits per heavy atom. The number of benzene rings is 1. The highest BCUT2D eigenvalue weighted by molar-refractivity contribution is 7.98. The van der Waals surface area contributed by atoms with Crippen molar-refractivity contribution in [1.82, 2.24) is 15.1 Å². The molecule has 106 valence electrons. The van der Waals surface area contributed by atoms with Crippen LogP contribution in [0.5, 0.6) is 0 Å². The number of nitrogens with zero attached hydrogens (tertiary/aromatic N) is 3. The lowest BCUT2D eigenvalue weighted by Gasteiger charge is -1.97. The summed E-state index contributed by atoms with van der Waals surface area (Å²) in [5, 5.41) is 3.89. The summed E-state index contributed by atoms with van der Waals surface area (Å²) in [7, 11) is 0. The first-order valence-corrected chi connectivity index (χ1v) is 7.12. The number of nitrogen functional groups attached to an aromatic ring is 1. The molecule has 0 aliphatic heterocycles. The summed E-state index contributed by atoms with van der Waals surface area (Å²) in [6.07, 6.45) is 1.58.